The number of imidazole rings is 1. The van der Waals surface area contributed by atoms with Crippen LogP contribution in [0.1, 0.15) is 30.8 Å². The molecule has 5 heteroatoms. The molecule has 1 atom stereocenters. The number of aliphatic hydroxyl groups excluding tert-OH is 1. The molecule has 2 aromatic rings. The Bertz CT molecular complexity index is 554. The number of hydrogen-bond donors (Lipinski definition) is 1. The molecule has 1 aromatic carbocycles. The minimum atomic E-state index is -0.893. The van der Waals surface area contributed by atoms with Gasteiger partial charge in [-0.05, 0) is 24.1 Å². The lowest BCUT2D eigenvalue weighted by Crippen LogP contribution is -2.10. The SMILES string of the molecule is CCCn1ccnc1C(O)c1ccc(F)c(OC)c1. The minimum Gasteiger partial charge on any atom is -0.494 e. The number of aryl methyl sites for hydroxylation is 1. The molecule has 0 aliphatic carbocycles. The fraction of sp³-hybridized carbons (Fsp3) is 0.357. The maximum Gasteiger partial charge on any atom is 0.165 e. The monoisotopic (exact) mass is 264 g/mol. The second-order valence-corrected chi connectivity index (χ2v) is 4.28. The number of hydrogen-bond acceptors (Lipinski definition) is 3. The van der Waals surface area contributed by atoms with Gasteiger partial charge in [0.1, 0.15) is 11.9 Å². The van der Waals surface area contributed by atoms with Gasteiger partial charge < -0.3 is 14.4 Å². The standard InChI is InChI=1S/C14H17FN2O2/c1-3-7-17-8-6-16-14(17)13(18)10-4-5-11(15)12(9-10)19-2/h4-6,8-9,13,18H,3,7H2,1-2H3. The van der Waals surface area contributed by atoms with Crippen molar-refractivity contribution in [2.75, 3.05) is 7.11 Å². The van der Waals surface area contributed by atoms with Crippen LogP contribution in [-0.2, 0) is 6.54 Å². The predicted molar refractivity (Wildman–Crippen MR) is 69.5 cm³/mol. The Labute approximate surface area is 111 Å². The zero-order chi connectivity index (χ0) is 13.8. The molecule has 102 valence electrons. The van der Waals surface area contributed by atoms with Crippen LogP contribution in [0.3, 0.4) is 0 Å². The molecule has 1 heterocycles. The first-order valence-electron chi connectivity index (χ1n) is 6.20. The molecule has 0 fully saturated rings. The number of aromatic nitrogens is 2. The summed E-state index contributed by atoms with van der Waals surface area (Å²) in [6.07, 6.45) is 3.52. The molecule has 4 nitrogen and oxygen atoms in total. The summed E-state index contributed by atoms with van der Waals surface area (Å²) in [5.74, 6) is 0.219. The lowest BCUT2D eigenvalue weighted by molar-refractivity contribution is 0.203. The van der Waals surface area contributed by atoms with Crippen LogP contribution in [0.2, 0.25) is 0 Å². The zero-order valence-corrected chi connectivity index (χ0v) is 11.0. The molecule has 0 spiro atoms. The summed E-state index contributed by atoms with van der Waals surface area (Å²) in [4.78, 5) is 4.17. The third kappa shape index (κ3) is 2.76. The van der Waals surface area contributed by atoms with Gasteiger partial charge in [-0.3, -0.25) is 0 Å². The zero-order valence-electron chi connectivity index (χ0n) is 11.0. The minimum absolute atomic E-state index is 0.116. The molecule has 2 rings (SSSR count). The smallest absolute Gasteiger partial charge is 0.165 e. The van der Waals surface area contributed by atoms with Gasteiger partial charge in [0.15, 0.2) is 11.6 Å². The lowest BCUT2D eigenvalue weighted by Gasteiger charge is -2.14. The number of benzene rings is 1. The number of halogens is 1. The van der Waals surface area contributed by atoms with Crippen molar-refractivity contribution >= 4 is 0 Å². The molecule has 19 heavy (non-hydrogen) atoms. The van der Waals surface area contributed by atoms with Crippen molar-refractivity contribution < 1.29 is 14.2 Å². The summed E-state index contributed by atoms with van der Waals surface area (Å²) < 4.78 is 20.2. The van der Waals surface area contributed by atoms with Gasteiger partial charge >= 0.3 is 0 Å². The van der Waals surface area contributed by atoms with E-state index in [0.717, 1.165) is 13.0 Å². The molecule has 0 aliphatic heterocycles. The number of rotatable bonds is 5. The molecule has 1 unspecified atom stereocenters. The Balaban J connectivity index is 2.32. The Morgan fingerprint density at radius 2 is 2.26 bits per heavy atom. The van der Waals surface area contributed by atoms with Crippen LogP contribution in [0.4, 0.5) is 4.39 Å². The summed E-state index contributed by atoms with van der Waals surface area (Å²) in [5, 5.41) is 10.3. The molecule has 1 N–H and O–H groups in total. The van der Waals surface area contributed by atoms with Gasteiger partial charge in [0.2, 0.25) is 0 Å². The number of aliphatic hydroxyl groups is 1. The highest BCUT2D eigenvalue weighted by Gasteiger charge is 2.17. The van der Waals surface area contributed by atoms with Gasteiger partial charge in [-0.25, -0.2) is 9.37 Å². The second kappa shape index (κ2) is 5.84. The van der Waals surface area contributed by atoms with Crippen LogP contribution in [0.5, 0.6) is 5.75 Å². The van der Waals surface area contributed by atoms with E-state index in [2.05, 4.69) is 11.9 Å². The normalized spacial score (nSPS) is 12.4. The summed E-state index contributed by atoms with van der Waals surface area (Å²) >= 11 is 0. The van der Waals surface area contributed by atoms with Crippen molar-refractivity contribution in [2.24, 2.45) is 0 Å². The molecule has 1 aromatic heterocycles. The van der Waals surface area contributed by atoms with Gasteiger partial charge in [-0.2, -0.15) is 0 Å². The summed E-state index contributed by atoms with van der Waals surface area (Å²) in [6, 6.07) is 4.31. The van der Waals surface area contributed by atoms with Crippen LogP contribution < -0.4 is 4.74 Å². The van der Waals surface area contributed by atoms with Crippen LogP contribution in [0, 0.1) is 5.82 Å². The van der Waals surface area contributed by atoms with Crippen LogP contribution >= 0.6 is 0 Å². The molecule has 0 saturated heterocycles. The highest BCUT2D eigenvalue weighted by molar-refractivity contribution is 5.33. The topological polar surface area (TPSA) is 47.3 Å². The van der Waals surface area contributed by atoms with Gasteiger partial charge in [-0.15, -0.1) is 0 Å². The third-order valence-corrected chi connectivity index (χ3v) is 2.95. The number of ether oxygens (including phenoxy) is 1. The third-order valence-electron chi connectivity index (χ3n) is 2.95. The molecule has 0 amide bonds. The summed E-state index contributed by atoms with van der Waals surface area (Å²) in [7, 11) is 1.40. The van der Waals surface area contributed by atoms with Crippen LogP contribution in [-0.4, -0.2) is 21.8 Å². The van der Waals surface area contributed by atoms with Crippen molar-refractivity contribution in [3.8, 4) is 5.75 Å². The molecular weight excluding hydrogens is 247 g/mol. The van der Waals surface area contributed by atoms with E-state index in [1.54, 1.807) is 6.20 Å². The Hall–Kier alpha value is -1.88. The highest BCUT2D eigenvalue weighted by atomic mass is 19.1. The van der Waals surface area contributed by atoms with E-state index in [1.807, 2.05) is 10.8 Å². The average molecular weight is 264 g/mol. The second-order valence-electron chi connectivity index (χ2n) is 4.28. The van der Waals surface area contributed by atoms with E-state index in [-0.39, 0.29) is 5.75 Å². The lowest BCUT2D eigenvalue weighted by atomic mass is 10.1. The summed E-state index contributed by atoms with van der Waals surface area (Å²) in [6.45, 7) is 2.84. The van der Waals surface area contributed by atoms with Gasteiger partial charge in [0, 0.05) is 18.9 Å². The van der Waals surface area contributed by atoms with Crippen molar-refractivity contribution in [1.82, 2.24) is 9.55 Å². The first-order valence-corrected chi connectivity index (χ1v) is 6.20. The van der Waals surface area contributed by atoms with Gasteiger partial charge in [0.05, 0.1) is 7.11 Å². The fourth-order valence-corrected chi connectivity index (χ4v) is 1.99. The molecule has 0 bridgehead atoms. The van der Waals surface area contributed by atoms with Crippen molar-refractivity contribution in [2.45, 2.75) is 26.0 Å². The summed E-state index contributed by atoms with van der Waals surface area (Å²) in [5.41, 5.74) is 0.557. The largest absolute Gasteiger partial charge is 0.494 e. The van der Waals surface area contributed by atoms with E-state index < -0.39 is 11.9 Å². The van der Waals surface area contributed by atoms with Crippen molar-refractivity contribution in [3.63, 3.8) is 0 Å². The first kappa shape index (κ1) is 13.5. The van der Waals surface area contributed by atoms with Crippen LogP contribution in [0.15, 0.2) is 30.6 Å². The maximum atomic E-state index is 13.3. The van der Waals surface area contributed by atoms with E-state index in [4.69, 9.17) is 4.74 Å². The maximum absolute atomic E-state index is 13.3. The number of methoxy groups -OCH3 is 1. The van der Waals surface area contributed by atoms with Crippen molar-refractivity contribution in [1.29, 1.82) is 0 Å². The fourth-order valence-electron chi connectivity index (χ4n) is 1.99. The average Bonchev–Trinajstić information content (AvgIpc) is 2.87. The van der Waals surface area contributed by atoms with Crippen LogP contribution in [0.25, 0.3) is 0 Å². The Morgan fingerprint density at radius 3 is 2.95 bits per heavy atom. The predicted octanol–water partition coefficient (Wildman–Crippen LogP) is 2.52. The molecule has 0 saturated carbocycles. The van der Waals surface area contributed by atoms with E-state index in [0.29, 0.717) is 11.4 Å². The molecular formula is C14H17FN2O2. The molecule has 0 aliphatic rings. The quantitative estimate of drug-likeness (QED) is 0.902. The van der Waals surface area contributed by atoms with Crippen molar-refractivity contribution in [3.05, 3.63) is 47.8 Å². The van der Waals surface area contributed by atoms with Gasteiger partial charge in [-0.1, -0.05) is 13.0 Å². The van der Waals surface area contributed by atoms with E-state index >= 15 is 0 Å². The highest BCUT2D eigenvalue weighted by Crippen LogP contribution is 2.26. The van der Waals surface area contributed by atoms with Gasteiger partial charge in [0.25, 0.3) is 0 Å². The Morgan fingerprint density at radius 1 is 1.47 bits per heavy atom. The molecule has 0 radical (unpaired) electrons. The Kier molecular flexibility index (Phi) is 4.16. The number of nitrogens with zero attached hydrogens (tertiary/aromatic N) is 2. The first-order chi connectivity index (χ1) is 9.17. The van der Waals surface area contributed by atoms with E-state index in [1.165, 1.54) is 25.3 Å². The van der Waals surface area contributed by atoms with E-state index in [9.17, 15) is 9.50 Å².